The second-order valence-electron chi connectivity index (χ2n) is 6.55. The van der Waals surface area contributed by atoms with E-state index in [1.165, 1.54) is 0 Å². The predicted molar refractivity (Wildman–Crippen MR) is 101 cm³/mol. The predicted octanol–water partition coefficient (Wildman–Crippen LogP) is 2.34. The molecule has 1 amide bonds. The fourth-order valence-corrected chi connectivity index (χ4v) is 3.09. The van der Waals surface area contributed by atoms with E-state index in [4.69, 9.17) is 4.74 Å². The molecule has 0 radical (unpaired) electrons. The summed E-state index contributed by atoms with van der Waals surface area (Å²) in [6.45, 7) is 1.93. The number of anilines is 1. The average Bonchev–Trinajstić information content (AvgIpc) is 2.72. The van der Waals surface area contributed by atoms with Crippen LogP contribution in [0.15, 0.2) is 42.7 Å². The highest BCUT2D eigenvalue weighted by Gasteiger charge is 2.22. The Balaban J connectivity index is 1.57. The Labute approximate surface area is 154 Å². The van der Waals surface area contributed by atoms with E-state index >= 15 is 0 Å². The third-order valence-corrected chi connectivity index (χ3v) is 4.58. The van der Waals surface area contributed by atoms with Crippen molar-refractivity contribution in [1.82, 2.24) is 15.3 Å². The monoisotopic (exact) mass is 354 g/mol. The van der Waals surface area contributed by atoms with Crippen LogP contribution in [0, 0.1) is 0 Å². The Morgan fingerprint density at radius 1 is 1.23 bits per heavy atom. The van der Waals surface area contributed by atoms with Gasteiger partial charge in [-0.3, -0.25) is 9.78 Å². The first-order valence-electron chi connectivity index (χ1n) is 9.18. The van der Waals surface area contributed by atoms with E-state index < -0.39 is 0 Å². The number of amides is 1. The van der Waals surface area contributed by atoms with E-state index in [-0.39, 0.29) is 12.0 Å². The van der Waals surface area contributed by atoms with Crippen molar-refractivity contribution < 1.29 is 9.53 Å². The first kappa shape index (κ1) is 18.3. The van der Waals surface area contributed by atoms with Crippen molar-refractivity contribution in [2.75, 3.05) is 25.1 Å². The molecule has 0 saturated carbocycles. The van der Waals surface area contributed by atoms with Crippen LogP contribution in [-0.2, 0) is 22.5 Å². The zero-order valence-electron chi connectivity index (χ0n) is 15.2. The highest BCUT2D eigenvalue weighted by molar-refractivity contribution is 5.80. The van der Waals surface area contributed by atoms with Gasteiger partial charge in [0, 0.05) is 56.8 Å². The third kappa shape index (κ3) is 5.02. The lowest BCUT2D eigenvalue weighted by Gasteiger charge is -2.23. The molecule has 1 fully saturated rings. The molecule has 0 aromatic carbocycles. The molecule has 3 heterocycles. The molecule has 6 nitrogen and oxygen atoms in total. The summed E-state index contributed by atoms with van der Waals surface area (Å²) in [5, 5.41) is 2.99. The Kier molecular flexibility index (Phi) is 6.55. The van der Waals surface area contributed by atoms with Gasteiger partial charge in [0.25, 0.3) is 0 Å². The molecular weight excluding hydrogens is 328 g/mol. The van der Waals surface area contributed by atoms with Crippen LogP contribution in [-0.4, -0.2) is 42.2 Å². The second kappa shape index (κ2) is 9.29. The van der Waals surface area contributed by atoms with Crippen molar-refractivity contribution in [2.24, 2.45) is 0 Å². The molecule has 3 rings (SSSR count). The Hall–Kier alpha value is -2.47. The number of carbonyl (C=O) groups is 1. The lowest BCUT2D eigenvalue weighted by Crippen LogP contribution is -2.38. The van der Waals surface area contributed by atoms with Crippen LogP contribution in [0.25, 0.3) is 0 Å². The van der Waals surface area contributed by atoms with Crippen LogP contribution in [0.2, 0.25) is 0 Å². The summed E-state index contributed by atoms with van der Waals surface area (Å²) in [7, 11) is 2.01. The Bertz CT molecular complexity index is 702. The van der Waals surface area contributed by atoms with Gasteiger partial charge in [0.2, 0.25) is 5.91 Å². The maximum atomic E-state index is 12.3. The fraction of sp³-hybridized carbons (Fsp3) is 0.450. The Morgan fingerprint density at radius 3 is 2.88 bits per heavy atom. The number of hydrogen-bond acceptors (Lipinski definition) is 5. The molecule has 138 valence electrons. The van der Waals surface area contributed by atoms with E-state index in [9.17, 15) is 4.79 Å². The lowest BCUT2D eigenvalue weighted by atomic mass is 10.1. The molecule has 1 saturated heterocycles. The first-order valence-corrected chi connectivity index (χ1v) is 9.18. The van der Waals surface area contributed by atoms with Crippen molar-refractivity contribution in [3.05, 3.63) is 54.0 Å². The van der Waals surface area contributed by atoms with Gasteiger partial charge in [0.05, 0.1) is 0 Å². The summed E-state index contributed by atoms with van der Waals surface area (Å²) in [4.78, 5) is 23.3. The summed E-state index contributed by atoms with van der Waals surface area (Å²) in [5.41, 5.74) is 2.06. The zero-order chi connectivity index (χ0) is 18.2. The molecule has 0 aliphatic carbocycles. The van der Waals surface area contributed by atoms with Gasteiger partial charge in [-0.15, -0.1) is 0 Å². The van der Waals surface area contributed by atoms with Crippen molar-refractivity contribution in [3.8, 4) is 0 Å². The van der Waals surface area contributed by atoms with Crippen LogP contribution < -0.4 is 10.2 Å². The molecule has 0 bridgehead atoms. The van der Waals surface area contributed by atoms with Gasteiger partial charge in [0.15, 0.2) is 0 Å². The van der Waals surface area contributed by atoms with Crippen LogP contribution >= 0.6 is 0 Å². The van der Waals surface area contributed by atoms with Gasteiger partial charge in [-0.05, 0) is 37.5 Å². The van der Waals surface area contributed by atoms with Gasteiger partial charge < -0.3 is 15.0 Å². The smallest absolute Gasteiger partial charge is 0.249 e. The van der Waals surface area contributed by atoms with Gasteiger partial charge in [-0.2, -0.15) is 0 Å². The van der Waals surface area contributed by atoms with Crippen LogP contribution in [0.4, 0.5) is 5.82 Å². The van der Waals surface area contributed by atoms with E-state index in [2.05, 4.69) is 20.2 Å². The molecule has 26 heavy (non-hydrogen) atoms. The van der Waals surface area contributed by atoms with E-state index in [0.717, 1.165) is 49.3 Å². The number of nitrogens with one attached hydrogen (secondary N) is 1. The summed E-state index contributed by atoms with van der Waals surface area (Å²) >= 11 is 0. The molecule has 0 unspecified atom stereocenters. The average molecular weight is 354 g/mol. The molecule has 2 aromatic heterocycles. The largest absolute Gasteiger partial charge is 0.368 e. The summed E-state index contributed by atoms with van der Waals surface area (Å²) in [6.07, 6.45) is 7.01. The number of rotatable bonds is 7. The summed E-state index contributed by atoms with van der Waals surface area (Å²) in [5.74, 6) is 0.851. The molecule has 1 atom stereocenters. The minimum absolute atomic E-state index is 0.0318. The number of carbonyl (C=O) groups excluding carboxylic acids is 1. The standard InChI is InChI=1S/C20H26N4O2/c1-24(13-10-17-8-2-4-11-21-17)19-16(7-6-12-22-19)15-23-20(25)18-9-3-5-14-26-18/h2,4,6-8,11-12,18H,3,5,9-10,13-15H2,1H3,(H,23,25)/t18-/m1/s1. The number of likely N-dealkylation sites (N-methyl/N-ethyl adjacent to an activating group) is 1. The van der Waals surface area contributed by atoms with Gasteiger partial charge in [-0.1, -0.05) is 12.1 Å². The lowest BCUT2D eigenvalue weighted by molar-refractivity contribution is -0.135. The maximum absolute atomic E-state index is 12.3. The number of nitrogens with zero attached hydrogens (tertiary/aromatic N) is 3. The third-order valence-electron chi connectivity index (χ3n) is 4.58. The number of hydrogen-bond donors (Lipinski definition) is 1. The second-order valence-corrected chi connectivity index (χ2v) is 6.55. The molecular formula is C20H26N4O2. The maximum Gasteiger partial charge on any atom is 0.249 e. The number of pyridine rings is 2. The zero-order valence-corrected chi connectivity index (χ0v) is 15.2. The van der Waals surface area contributed by atoms with E-state index in [0.29, 0.717) is 13.2 Å². The Morgan fingerprint density at radius 2 is 2.12 bits per heavy atom. The van der Waals surface area contributed by atoms with Gasteiger partial charge in [0.1, 0.15) is 11.9 Å². The number of ether oxygens (including phenoxy) is 1. The van der Waals surface area contributed by atoms with E-state index in [1.807, 2.05) is 43.6 Å². The first-order chi connectivity index (χ1) is 12.7. The number of aromatic nitrogens is 2. The molecule has 1 aliphatic heterocycles. The van der Waals surface area contributed by atoms with Crippen molar-refractivity contribution in [2.45, 2.75) is 38.3 Å². The fourth-order valence-electron chi connectivity index (χ4n) is 3.09. The topological polar surface area (TPSA) is 67.4 Å². The normalized spacial score (nSPS) is 16.9. The van der Waals surface area contributed by atoms with Gasteiger partial charge >= 0.3 is 0 Å². The molecule has 1 N–H and O–H groups in total. The van der Waals surface area contributed by atoms with E-state index in [1.54, 1.807) is 6.20 Å². The minimum atomic E-state index is -0.314. The van der Waals surface area contributed by atoms with Crippen LogP contribution in [0.3, 0.4) is 0 Å². The quantitative estimate of drug-likeness (QED) is 0.827. The molecule has 2 aromatic rings. The van der Waals surface area contributed by atoms with Gasteiger partial charge in [-0.25, -0.2) is 4.98 Å². The van der Waals surface area contributed by atoms with Crippen molar-refractivity contribution in [1.29, 1.82) is 0 Å². The molecule has 1 aliphatic rings. The van der Waals surface area contributed by atoms with Crippen LogP contribution in [0.5, 0.6) is 0 Å². The van der Waals surface area contributed by atoms with Crippen molar-refractivity contribution >= 4 is 11.7 Å². The highest BCUT2D eigenvalue weighted by atomic mass is 16.5. The highest BCUT2D eigenvalue weighted by Crippen LogP contribution is 2.17. The minimum Gasteiger partial charge on any atom is -0.368 e. The molecule has 6 heteroatoms. The van der Waals surface area contributed by atoms with Crippen molar-refractivity contribution in [3.63, 3.8) is 0 Å². The summed E-state index contributed by atoms with van der Waals surface area (Å²) < 4.78 is 5.55. The molecule has 0 spiro atoms. The SMILES string of the molecule is CN(CCc1ccccn1)c1ncccc1CNC(=O)[C@H]1CCCCO1. The van der Waals surface area contributed by atoms with Crippen LogP contribution in [0.1, 0.15) is 30.5 Å². The summed E-state index contributed by atoms with van der Waals surface area (Å²) in [6, 6.07) is 9.84.